The van der Waals surface area contributed by atoms with Crippen LogP contribution in [0.2, 0.25) is 0 Å². The van der Waals surface area contributed by atoms with E-state index in [4.69, 9.17) is 9.47 Å². The van der Waals surface area contributed by atoms with Gasteiger partial charge in [-0.2, -0.15) is 0 Å². The van der Waals surface area contributed by atoms with Gasteiger partial charge in [0.1, 0.15) is 5.75 Å². The molecule has 1 saturated heterocycles. The van der Waals surface area contributed by atoms with E-state index in [1.807, 2.05) is 24.3 Å². The maximum Gasteiger partial charge on any atom is 0.119 e. The monoisotopic (exact) mass is 221 g/mol. The third-order valence-corrected chi connectivity index (χ3v) is 2.90. The summed E-state index contributed by atoms with van der Waals surface area (Å²) in [4.78, 5) is 0. The zero-order chi connectivity index (χ0) is 11.2. The van der Waals surface area contributed by atoms with Gasteiger partial charge in [-0.1, -0.05) is 0 Å². The summed E-state index contributed by atoms with van der Waals surface area (Å²) in [6, 6.07) is 7.98. The summed E-state index contributed by atoms with van der Waals surface area (Å²) in [6.07, 6.45) is 4.03. The molecule has 3 nitrogen and oxygen atoms in total. The van der Waals surface area contributed by atoms with Gasteiger partial charge >= 0.3 is 0 Å². The van der Waals surface area contributed by atoms with Crippen molar-refractivity contribution >= 4 is 5.69 Å². The molecule has 1 fully saturated rings. The number of anilines is 1. The Labute approximate surface area is 96.8 Å². The number of methoxy groups -OCH3 is 1. The molecule has 1 heterocycles. The van der Waals surface area contributed by atoms with Crippen LogP contribution in [0.5, 0.6) is 5.75 Å². The molecule has 0 aromatic heterocycles. The highest BCUT2D eigenvalue weighted by atomic mass is 16.5. The fraction of sp³-hybridized carbons (Fsp3) is 0.538. The summed E-state index contributed by atoms with van der Waals surface area (Å²) in [6.45, 7) is 1.81. The summed E-state index contributed by atoms with van der Waals surface area (Å²) in [5.74, 6) is 0.888. The summed E-state index contributed by atoms with van der Waals surface area (Å²) in [5, 5.41) is 3.39. The van der Waals surface area contributed by atoms with Gasteiger partial charge in [0.05, 0.1) is 13.2 Å². The van der Waals surface area contributed by atoms with Crippen molar-refractivity contribution in [2.75, 3.05) is 25.6 Å². The minimum Gasteiger partial charge on any atom is -0.497 e. The second-order valence-corrected chi connectivity index (χ2v) is 4.10. The fourth-order valence-corrected chi connectivity index (χ4v) is 1.91. The van der Waals surface area contributed by atoms with Crippen molar-refractivity contribution < 1.29 is 9.47 Å². The molecular weight excluding hydrogens is 202 g/mol. The number of rotatable bonds is 4. The molecule has 0 radical (unpaired) electrons. The van der Waals surface area contributed by atoms with Crippen LogP contribution < -0.4 is 10.1 Å². The Bertz CT molecular complexity index is 304. The molecule has 1 aliphatic rings. The predicted molar refractivity (Wildman–Crippen MR) is 65.1 cm³/mol. The lowest BCUT2D eigenvalue weighted by Crippen LogP contribution is -2.26. The van der Waals surface area contributed by atoms with E-state index >= 15 is 0 Å². The second-order valence-electron chi connectivity index (χ2n) is 4.10. The molecule has 0 spiro atoms. The lowest BCUT2D eigenvalue weighted by atomic mass is 10.1. The number of nitrogens with one attached hydrogen (secondary N) is 1. The van der Waals surface area contributed by atoms with Gasteiger partial charge < -0.3 is 14.8 Å². The number of hydrogen-bond donors (Lipinski definition) is 1. The highest BCUT2D eigenvalue weighted by Crippen LogP contribution is 2.17. The first-order valence-corrected chi connectivity index (χ1v) is 5.88. The van der Waals surface area contributed by atoms with Gasteiger partial charge in [0, 0.05) is 18.8 Å². The van der Waals surface area contributed by atoms with E-state index in [-0.39, 0.29) is 0 Å². The summed E-state index contributed by atoms with van der Waals surface area (Å²) < 4.78 is 10.8. The number of benzene rings is 1. The molecule has 0 bridgehead atoms. The van der Waals surface area contributed by atoms with Crippen LogP contribution in [-0.2, 0) is 4.74 Å². The summed E-state index contributed by atoms with van der Waals surface area (Å²) in [5.41, 5.74) is 1.12. The van der Waals surface area contributed by atoms with Crippen LogP contribution >= 0.6 is 0 Å². The SMILES string of the molecule is COc1ccc(NCC2CCCCO2)cc1. The van der Waals surface area contributed by atoms with Gasteiger partial charge in [-0.05, 0) is 43.5 Å². The normalized spacial score (nSPS) is 20.4. The van der Waals surface area contributed by atoms with Crippen molar-refractivity contribution in [2.45, 2.75) is 25.4 Å². The van der Waals surface area contributed by atoms with E-state index in [0.717, 1.165) is 24.6 Å². The predicted octanol–water partition coefficient (Wildman–Crippen LogP) is 2.68. The summed E-state index contributed by atoms with van der Waals surface area (Å²) in [7, 11) is 1.68. The average Bonchev–Trinajstić information content (AvgIpc) is 2.38. The molecule has 0 amide bonds. The van der Waals surface area contributed by atoms with E-state index in [1.54, 1.807) is 7.11 Å². The first-order chi connectivity index (χ1) is 7.88. The van der Waals surface area contributed by atoms with Crippen LogP contribution in [0.3, 0.4) is 0 Å². The van der Waals surface area contributed by atoms with Crippen LogP contribution in [0, 0.1) is 0 Å². The Morgan fingerprint density at radius 2 is 2.12 bits per heavy atom. The van der Waals surface area contributed by atoms with Gasteiger partial charge in [0.25, 0.3) is 0 Å². The van der Waals surface area contributed by atoms with E-state index < -0.39 is 0 Å². The Balaban J connectivity index is 1.79. The van der Waals surface area contributed by atoms with Crippen molar-refractivity contribution in [1.82, 2.24) is 0 Å². The zero-order valence-corrected chi connectivity index (χ0v) is 9.74. The maximum atomic E-state index is 5.66. The molecule has 0 saturated carbocycles. The van der Waals surface area contributed by atoms with Crippen molar-refractivity contribution in [3.63, 3.8) is 0 Å². The summed E-state index contributed by atoms with van der Waals surface area (Å²) >= 11 is 0. The molecule has 0 aliphatic carbocycles. The highest BCUT2D eigenvalue weighted by molar-refractivity contribution is 5.46. The highest BCUT2D eigenvalue weighted by Gasteiger charge is 2.12. The van der Waals surface area contributed by atoms with Gasteiger partial charge in [-0.15, -0.1) is 0 Å². The number of hydrogen-bond acceptors (Lipinski definition) is 3. The average molecular weight is 221 g/mol. The molecule has 1 unspecified atom stereocenters. The van der Waals surface area contributed by atoms with Gasteiger partial charge in [0.2, 0.25) is 0 Å². The zero-order valence-electron chi connectivity index (χ0n) is 9.74. The van der Waals surface area contributed by atoms with Gasteiger partial charge in [0.15, 0.2) is 0 Å². The molecule has 1 aromatic rings. The standard InChI is InChI=1S/C13H19NO2/c1-15-12-7-5-11(6-8-12)14-10-13-4-2-3-9-16-13/h5-8,13-14H,2-4,9-10H2,1H3. The molecular formula is C13H19NO2. The van der Waals surface area contributed by atoms with E-state index in [9.17, 15) is 0 Å². The molecule has 1 aliphatic heterocycles. The van der Waals surface area contributed by atoms with Crippen molar-refractivity contribution in [1.29, 1.82) is 0 Å². The lowest BCUT2D eigenvalue weighted by Gasteiger charge is -2.23. The third-order valence-electron chi connectivity index (χ3n) is 2.90. The van der Waals surface area contributed by atoms with E-state index in [2.05, 4.69) is 5.32 Å². The quantitative estimate of drug-likeness (QED) is 0.848. The van der Waals surface area contributed by atoms with Gasteiger partial charge in [-0.3, -0.25) is 0 Å². The van der Waals surface area contributed by atoms with Crippen LogP contribution in [-0.4, -0.2) is 26.4 Å². The molecule has 1 aromatic carbocycles. The molecule has 88 valence electrons. The molecule has 3 heteroatoms. The molecule has 1 N–H and O–H groups in total. The minimum atomic E-state index is 0.371. The lowest BCUT2D eigenvalue weighted by molar-refractivity contribution is 0.0247. The largest absolute Gasteiger partial charge is 0.497 e. The topological polar surface area (TPSA) is 30.5 Å². The van der Waals surface area contributed by atoms with Crippen LogP contribution in [0.4, 0.5) is 5.69 Å². The first-order valence-electron chi connectivity index (χ1n) is 5.88. The fourth-order valence-electron chi connectivity index (χ4n) is 1.91. The van der Waals surface area contributed by atoms with Gasteiger partial charge in [-0.25, -0.2) is 0 Å². The number of ether oxygens (including phenoxy) is 2. The van der Waals surface area contributed by atoms with E-state index in [1.165, 1.54) is 19.3 Å². The Hall–Kier alpha value is -1.22. The van der Waals surface area contributed by atoms with Crippen LogP contribution in [0.15, 0.2) is 24.3 Å². The van der Waals surface area contributed by atoms with Crippen LogP contribution in [0.1, 0.15) is 19.3 Å². The Kier molecular flexibility index (Phi) is 4.05. The Morgan fingerprint density at radius 3 is 2.75 bits per heavy atom. The van der Waals surface area contributed by atoms with Crippen molar-refractivity contribution in [3.05, 3.63) is 24.3 Å². The van der Waals surface area contributed by atoms with Crippen molar-refractivity contribution in [3.8, 4) is 5.75 Å². The molecule has 16 heavy (non-hydrogen) atoms. The van der Waals surface area contributed by atoms with Crippen LogP contribution in [0.25, 0.3) is 0 Å². The minimum absolute atomic E-state index is 0.371. The third kappa shape index (κ3) is 3.14. The smallest absolute Gasteiger partial charge is 0.119 e. The van der Waals surface area contributed by atoms with E-state index in [0.29, 0.717) is 6.10 Å². The first kappa shape index (κ1) is 11.3. The van der Waals surface area contributed by atoms with Crippen molar-refractivity contribution in [2.24, 2.45) is 0 Å². The molecule has 1 atom stereocenters. The molecule has 2 rings (SSSR count). The second kappa shape index (κ2) is 5.75. The maximum absolute atomic E-state index is 5.66. The Morgan fingerprint density at radius 1 is 1.31 bits per heavy atom.